The molecule has 3 N–H and O–H groups in total. The average molecular weight is 475 g/mol. The zero-order valence-electron chi connectivity index (χ0n) is 16.3. The number of fused-ring (bicyclic) bond motifs is 1. The van der Waals surface area contributed by atoms with E-state index in [4.69, 9.17) is 0 Å². The number of halogens is 2. The highest BCUT2D eigenvalue weighted by Crippen LogP contribution is 2.19. The summed E-state index contributed by atoms with van der Waals surface area (Å²) in [5, 5.41) is 7.81. The van der Waals surface area contributed by atoms with Gasteiger partial charge in [0.25, 0.3) is 0 Å². The number of benzene rings is 1. The van der Waals surface area contributed by atoms with Crippen molar-refractivity contribution in [3.05, 3.63) is 35.8 Å². The number of nitrogens with one attached hydrogen (secondary N) is 3. The summed E-state index contributed by atoms with van der Waals surface area (Å²) in [6.45, 7) is 7.08. The largest absolute Gasteiger partial charge is 0.361 e. The van der Waals surface area contributed by atoms with Crippen LogP contribution >= 0.6 is 24.0 Å². The minimum absolute atomic E-state index is 0. The van der Waals surface area contributed by atoms with E-state index >= 15 is 0 Å². The first-order chi connectivity index (χ1) is 11.8. The third-order valence-corrected chi connectivity index (χ3v) is 4.12. The van der Waals surface area contributed by atoms with E-state index in [1.807, 2.05) is 12.3 Å². The molecule has 0 radical (unpaired) electrons. The second-order valence-electron chi connectivity index (χ2n) is 7.51. The van der Waals surface area contributed by atoms with Crippen molar-refractivity contribution in [3.8, 4) is 0 Å². The van der Waals surface area contributed by atoms with Crippen LogP contribution in [-0.4, -0.2) is 56.6 Å². The van der Waals surface area contributed by atoms with Gasteiger partial charge in [-0.25, -0.2) is 4.39 Å². The van der Waals surface area contributed by atoms with Gasteiger partial charge in [0.05, 0.1) is 0 Å². The number of rotatable bonds is 7. The molecule has 0 bridgehead atoms. The summed E-state index contributed by atoms with van der Waals surface area (Å²) < 4.78 is 13.3. The molecule has 5 nitrogen and oxygen atoms in total. The molecule has 0 spiro atoms. The Morgan fingerprint density at radius 1 is 1.27 bits per heavy atom. The van der Waals surface area contributed by atoms with Crippen molar-refractivity contribution in [1.82, 2.24) is 20.5 Å². The summed E-state index contributed by atoms with van der Waals surface area (Å²) in [5.74, 6) is 0.585. The van der Waals surface area contributed by atoms with Gasteiger partial charge in [-0.1, -0.05) is 13.8 Å². The van der Waals surface area contributed by atoms with Gasteiger partial charge >= 0.3 is 0 Å². The number of guanidine groups is 1. The minimum atomic E-state index is -0.219. The van der Waals surface area contributed by atoms with Crippen LogP contribution in [0.5, 0.6) is 0 Å². The number of aromatic amines is 1. The van der Waals surface area contributed by atoms with E-state index in [1.165, 1.54) is 17.7 Å². The average Bonchev–Trinajstić information content (AvgIpc) is 2.91. The maximum absolute atomic E-state index is 13.3. The fourth-order valence-electron chi connectivity index (χ4n) is 3.14. The lowest BCUT2D eigenvalue weighted by Gasteiger charge is -2.29. The van der Waals surface area contributed by atoms with E-state index in [2.05, 4.69) is 53.5 Å². The molecule has 0 aliphatic heterocycles. The van der Waals surface area contributed by atoms with E-state index in [0.29, 0.717) is 0 Å². The second-order valence-corrected chi connectivity index (χ2v) is 7.51. The molecule has 0 fully saturated rings. The van der Waals surface area contributed by atoms with Crippen LogP contribution in [0.25, 0.3) is 10.9 Å². The van der Waals surface area contributed by atoms with Crippen LogP contribution in [0.4, 0.5) is 4.39 Å². The van der Waals surface area contributed by atoms with Crippen LogP contribution < -0.4 is 10.6 Å². The molecule has 26 heavy (non-hydrogen) atoms. The maximum atomic E-state index is 13.3. The van der Waals surface area contributed by atoms with Gasteiger partial charge in [0.15, 0.2) is 5.96 Å². The zero-order chi connectivity index (χ0) is 18.4. The molecular weight excluding hydrogens is 444 g/mol. The maximum Gasteiger partial charge on any atom is 0.191 e. The smallest absolute Gasteiger partial charge is 0.191 e. The van der Waals surface area contributed by atoms with E-state index < -0.39 is 0 Å². The molecule has 0 amide bonds. The first kappa shape index (κ1) is 22.7. The second kappa shape index (κ2) is 10.1. The standard InChI is InChI=1S/C19H30FN5.HI/c1-19(2,13-25(4)5)12-24-18(21-3)22-9-8-14-11-23-17-10-15(20)6-7-16(14)17;/h6-7,10-11,23H,8-9,12-13H2,1-5H3,(H2,21,22,24);1H. The molecule has 2 aromatic rings. The fraction of sp³-hybridized carbons (Fsp3) is 0.526. The van der Waals surface area contributed by atoms with E-state index in [1.54, 1.807) is 7.05 Å². The normalized spacial score (nSPS) is 12.3. The van der Waals surface area contributed by atoms with Crippen LogP contribution in [0, 0.1) is 11.2 Å². The molecule has 0 aliphatic rings. The van der Waals surface area contributed by atoms with Gasteiger partial charge in [-0.05, 0) is 49.7 Å². The van der Waals surface area contributed by atoms with Gasteiger partial charge in [-0.15, -0.1) is 24.0 Å². The van der Waals surface area contributed by atoms with Crippen molar-refractivity contribution in [2.45, 2.75) is 20.3 Å². The van der Waals surface area contributed by atoms with Gasteiger partial charge in [0.2, 0.25) is 0 Å². The summed E-state index contributed by atoms with van der Waals surface area (Å²) in [6, 6.07) is 4.85. The molecule has 1 heterocycles. The molecular formula is C19H31FIN5. The van der Waals surface area contributed by atoms with Crippen LogP contribution in [0.2, 0.25) is 0 Å². The predicted molar refractivity (Wildman–Crippen MR) is 119 cm³/mol. The topological polar surface area (TPSA) is 55.5 Å². The zero-order valence-corrected chi connectivity index (χ0v) is 18.6. The Kier molecular flexibility index (Phi) is 8.82. The Morgan fingerprint density at radius 2 is 2.00 bits per heavy atom. The molecule has 1 aromatic carbocycles. The lowest BCUT2D eigenvalue weighted by molar-refractivity contribution is 0.241. The molecule has 146 valence electrons. The molecule has 0 aliphatic carbocycles. The van der Waals surface area contributed by atoms with Crippen molar-refractivity contribution in [2.75, 3.05) is 40.8 Å². The van der Waals surface area contributed by atoms with Gasteiger partial charge < -0.3 is 20.5 Å². The molecule has 0 saturated carbocycles. The number of aromatic nitrogens is 1. The molecule has 0 saturated heterocycles. The van der Waals surface area contributed by atoms with Gasteiger partial charge in [-0.3, -0.25) is 4.99 Å². The lowest BCUT2D eigenvalue weighted by Crippen LogP contribution is -2.45. The summed E-state index contributed by atoms with van der Waals surface area (Å²) in [5.41, 5.74) is 2.16. The monoisotopic (exact) mass is 475 g/mol. The van der Waals surface area contributed by atoms with E-state index in [-0.39, 0.29) is 35.2 Å². The van der Waals surface area contributed by atoms with Crippen molar-refractivity contribution >= 4 is 40.8 Å². The Balaban J connectivity index is 0.00000338. The SMILES string of the molecule is CN=C(NCCc1c[nH]c2cc(F)ccc12)NCC(C)(C)CN(C)C.I. The quantitative estimate of drug-likeness (QED) is 0.328. The number of hydrogen-bond donors (Lipinski definition) is 3. The first-order valence-electron chi connectivity index (χ1n) is 8.65. The first-order valence-corrected chi connectivity index (χ1v) is 8.65. The van der Waals surface area contributed by atoms with Crippen molar-refractivity contribution in [3.63, 3.8) is 0 Å². The van der Waals surface area contributed by atoms with Crippen LogP contribution in [0.15, 0.2) is 29.4 Å². The highest BCUT2D eigenvalue weighted by atomic mass is 127. The van der Waals surface area contributed by atoms with Gasteiger partial charge in [-0.2, -0.15) is 0 Å². The summed E-state index contributed by atoms with van der Waals surface area (Å²) in [7, 11) is 5.95. The van der Waals surface area contributed by atoms with Crippen LogP contribution in [-0.2, 0) is 6.42 Å². The molecule has 0 unspecified atom stereocenters. The number of hydrogen-bond acceptors (Lipinski definition) is 2. The Hall–Kier alpha value is -1.35. The summed E-state index contributed by atoms with van der Waals surface area (Å²) in [6.07, 6.45) is 2.79. The van der Waals surface area contributed by atoms with Gasteiger partial charge in [0, 0.05) is 43.8 Å². The Morgan fingerprint density at radius 3 is 2.65 bits per heavy atom. The van der Waals surface area contributed by atoms with Crippen molar-refractivity contribution in [1.29, 1.82) is 0 Å². The van der Waals surface area contributed by atoms with Crippen molar-refractivity contribution in [2.24, 2.45) is 10.4 Å². The highest BCUT2D eigenvalue weighted by molar-refractivity contribution is 14.0. The molecule has 0 atom stereocenters. The summed E-state index contributed by atoms with van der Waals surface area (Å²) >= 11 is 0. The van der Waals surface area contributed by atoms with Crippen LogP contribution in [0.3, 0.4) is 0 Å². The third-order valence-electron chi connectivity index (χ3n) is 4.12. The van der Waals surface area contributed by atoms with Crippen molar-refractivity contribution < 1.29 is 4.39 Å². The third kappa shape index (κ3) is 6.75. The predicted octanol–water partition coefficient (Wildman–Crippen LogP) is 3.22. The lowest BCUT2D eigenvalue weighted by atomic mass is 9.93. The Labute approximate surface area is 172 Å². The number of aliphatic imine (C=N–C) groups is 1. The molecule has 1 aromatic heterocycles. The summed E-state index contributed by atoms with van der Waals surface area (Å²) in [4.78, 5) is 9.60. The van der Waals surface area contributed by atoms with Crippen LogP contribution in [0.1, 0.15) is 19.4 Å². The molecule has 7 heteroatoms. The highest BCUT2D eigenvalue weighted by Gasteiger charge is 2.19. The number of H-pyrrole nitrogens is 1. The van der Waals surface area contributed by atoms with E-state index in [0.717, 1.165) is 42.9 Å². The number of nitrogens with zero attached hydrogens (tertiary/aromatic N) is 2. The Bertz CT molecular complexity index is 724. The fourth-order valence-corrected chi connectivity index (χ4v) is 3.14. The minimum Gasteiger partial charge on any atom is -0.361 e. The van der Waals surface area contributed by atoms with E-state index in [9.17, 15) is 4.39 Å². The van der Waals surface area contributed by atoms with Gasteiger partial charge in [0.1, 0.15) is 5.82 Å². The molecule has 2 rings (SSSR count).